The van der Waals surface area contributed by atoms with E-state index in [1.807, 2.05) is 13.8 Å². The maximum absolute atomic E-state index is 14.4. The van der Waals surface area contributed by atoms with Gasteiger partial charge in [-0.05, 0) is 92.1 Å². The summed E-state index contributed by atoms with van der Waals surface area (Å²) in [6, 6.07) is 5.26. The summed E-state index contributed by atoms with van der Waals surface area (Å²) in [5.74, 6) is -1.47. The quantitative estimate of drug-likeness (QED) is 0.334. The third-order valence-electron chi connectivity index (χ3n) is 8.19. The maximum Gasteiger partial charge on any atom is 0.258 e. The van der Waals surface area contributed by atoms with Crippen molar-refractivity contribution < 1.29 is 24.1 Å². The fraction of sp³-hybridized carbons (Fsp3) is 0.345. The molecule has 36 heavy (non-hydrogen) atoms. The normalized spacial score (nSPS) is 18.8. The van der Waals surface area contributed by atoms with Crippen LogP contribution in [0.4, 0.5) is 8.78 Å². The van der Waals surface area contributed by atoms with Crippen molar-refractivity contribution in [3.8, 4) is 17.2 Å². The molecule has 0 unspecified atom stereocenters. The number of benzene rings is 3. The molecular formula is C29H27F2NO4. The first kappa shape index (κ1) is 22.8. The highest BCUT2D eigenvalue weighted by Crippen LogP contribution is 2.48. The first-order chi connectivity index (χ1) is 17.2. The van der Waals surface area contributed by atoms with Gasteiger partial charge < -0.3 is 19.9 Å². The molecule has 186 valence electrons. The first-order valence-electron chi connectivity index (χ1n) is 12.4. The third-order valence-corrected chi connectivity index (χ3v) is 8.19. The molecule has 3 aromatic carbocycles. The van der Waals surface area contributed by atoms with Crippen LogP contribution in [0.3, 0.4) is 0 Å². The van der Waals surface area contributed by atoms with Crippen LogP contribution in [0.15, 0.2) is 29.1 Å². The van der Waals surface area contributed by atoms with Gasteiger partial charge in [0.15, 0.2) is 0 Å². The highest BCUT2D eigenvalue weighted by molar-refractivity contribution is 5.98. The maximum atomic E-state index is 14.4. The van der Waals surface area contributed by atoms with E-state index in [2.05, 4.69) is 0 Å². The molecule has 1 aliphatic carbocycles. The van der Waals surface area contributed by atoms with E-state index >= 15 is 0 Å². The summed E-state index contributed by atoms with van der Waals surface area (Å²) in [6.07, 6.45) is 2.75. The predicted molar refractivity (Wildman–Crippen MR) is 134 cm³/mol. The van der Waals surface area contributed by atoms with E-state index in [0.29, 0.717) is 46.7 Å². The van der Waals surface area contributed by atoms with Gasteiger partial charge in [-0.1, -0.05) is 6.92 Å². The van der Waals surface area contributed by atoms with Gasteiger partial charge in [0.2, 0.25) is 0 Å². The molecule has 1 aromatic heterocycles. The minimum absolute atomic E-state index is 0.0104. The van der Waals surface area contributed by atoms with Crippen LogP contribution in [0.2, 0.25) is 0 Å². The molecule has 2 heterocycles. The lowest BCUT2D eigenvalue weighted by Gasteiger charge is -2.27. The molecule has 3 N–H and O–H groups in total. The van der Waals surface area contributed by atoms with Crippen LogP contribution in [-0.4, -0.2) is 19.9 Å². The zero-order valence-electron chi connectivity index (χ0n) is 20.2. The fourth-order valence-electron chi connectivity index (χ4n) is 6.37. The van der Waals surface area contributed by atoms with Crippen molar-refractivity contribution in [1.82, 2.24) is 4.57 Å². The minimum atomic E-state index is -0.478. The Kier molecular flexibility index (Phi) is 5.04. The second-order valence-electron chi connectivity index (χ2n) is 10.4. The van der Waals surface area contributed by atoms with E-state index < -0.39 is 11.6 Å². The van der Waals surface area contributed by atoms with Gasteiger partial charge in [-0.15, -0.1) is 0 Å². The van der Waals surface area contributed by atoms with E-state index in [0.717, 1.165) is 12.0 Å². The van der Waals surface area contributed by atoms with E-state index in [-0.39, 0.29) is 64.1 Å². The van der Waals surface area contributed by atoms with Gasteiger partial charge >= 0.3 is 0 Å². The Labute approximate surface area is 206 Å². The molecule has 2 atom stereocenters. The number of hydrogen-bond donors (Lipinski definition) is 3. The molecule has 0 saturated heterocycles. The first-order valence-corrected chi connectivity index (χ1v) is 12.4. The summed E-state index contributed by atoms with van der Waals surface area (Å²) in [7, 11) is 0. The van der Waals surface area contributed by atoms with Gasteiger partial charge in [-0.3, -0.25) is 4.79 Å². The zero-order valence-corrected chi connectivity index (χ0v) is 20.2. The number of phenolic OH excluding ortho intramolecular Hbond substituents is 2. The zero-order chi connectivity index (χ0) is 25.5. The molecular weight excluding hydrogens is 464 g/mol. The lowest BCUT2D eigenvalue weighted by atomic mass is 9.79. The average molecular weight is 492 g/mol. The van der Waals surface area contributed by atoms with Crippen LogP contribution in [0.25, 0.3) is 21.7 Å². The van der Waals surface area contributed by atoms with Crippen molar-refractivity contribution in [2.45, 2.75) is 64.3 Å². The number of aryl methyl sites for hydroxylation is 2. The summed E-state index contributed by atoms with van der Waals surface area (Å²) in [4.78, 5) is 13.5. The van der Waals surface area contributed by atoms with Crippen LogP contribution >= 0.6 is 0 Å². The van der Waals surface area contributed by atoms with Crippen molar-refractivity contribution >= 4 is 21.7 Å². The van der Waals surface area contributed by atoms with Gasteiger partial charge in [-0.2, -0.15) is 0 Å². The molecule has 4 aromatic rings. The molecule has 0 amide bonds. The summed E-state index contributed by atoms with van der Waals surface area (Å²) < 4.78 is 30.3. The van der Waals surface area contributed by atoms with Crippen molar-refractivity contribution in [3.63, 3.8) is 0 Å². The predicted octanol–water partition coefficient (Wildman–Crippen LogP) is 5.89. The van der Waals surface area contributed by atoms with Gasteiger partial charge in [0.1, 0.15) is 28.9 Å². The van der Waals surface area contributed by atoms with E-state index in [9.17, 15) is 28.9 Å². The number of halogens is 2. The van der Waals surface area contributed by atoms with Crippen LogP contribution < -0.4 is 5.56 Å². The SMILES string of the molecule is C[C@@H]1CCc2cc(F)cc3c(O)c(CCc4c(O)c5cc(F)cc6c5n(c4=O)[C@@H](C)CC6)c(O)c1c23. The Morgan fingerprint density at radius 1 is 0.833 bits per heavy atom. The molecule has 6 rings (SSSR count). The largest absolute Gasteiger partial charge is 0.507 e. The smallest absolute Gasteiger partial charge is 0.258 e. The van der Waals surface area contributed by atoms with Gasteiger partial charge in [0.25, 0.3) is 5.56 Å². The number of hydrogen-bond acceptors (Lipinski definition) is 4. The topological polar surface area (TPSA) is 82.7 Å². The Morgan fingerprint density at radius 3 is 2.19 bits per heavy atom. The Balaban J connectivity index is 1.52. The number of aromatic nitrogens is 1. The Bertz CT molecular complexity index is 1660. The Hall–Kier alpha value is -3.61. The third kappa shape index (κ3) is 3.14. The van der Waals surface area contributed by atoms with Gasteiger partial charge in [-0.25, -0.2) is 8.78 Å². The fourth-order valence-corrected chi connectivity index (χ4v) is 6.37. The number of rotatable bonds is 3. The molecule has 0 bridgehead atoms. The number of nitrogens with zero attached hydrogens (tertiary/aromatic N) is 1. The molecule has 0 fully saturated rings. The summed E-state index contributed by atoms with van der Waals surface area (Å²) in [5, 5.41) is 34.7. The van der Waals surface area contributed by atoms with Crippen molar-refractivity contribution in [1.29, 1.82) is 0 Å². The highest BCUT2D eigenvalue weighted by atomic mass is 19.1. The van der Waals surface area contributed by atoms with E-state index in [1.54, 1.807) is 4.57 Å². The number of aromatic hydroxyl groups is 3. The van der Waals surface area contributed by atoms with Crippen LogP contribution in [-0.2, 0) is 25.7 Å². The van der Waals surface area contributed by atoms with Crippen LogP contribution in [0, 0.1) is 11.6 Å². The van der Waals surface area contributed by atoms with Crippen molar-refractivity contribution in [3.05, 3.63) is 74.1 Å². The standard InChI is InChI=1S/C29H27F2NO4/c1-13-3-5-15-9-17(30)11-21-24(15)23(13)28(35)19(26(21)33)7-8-20-27(34)22-12-18(31)10-16-6-4-14(2)32(25(16)22)29(20)36/h9-14,33-35H,3-8H2,1-2H3/t13-,14+/m1/s1. The minimum Gasteiger partial charge on any atom is -0.507 e. The van der Waals surface area contributed by atoms with E-state index in [4.69, 9.17) is 0 Å². The second kappa shape index (κ2) is 7.95. The lowest BCUT2D eigenvalue weighted by molar-refractivity contribution is 0.430. The van der Waals surface area contributed by atoms with Gasteiger partial charge in [0.05, 0.1) is 11.1 Å². The molecule has 0 spiro atoms. The molecule has 1 aliphatic heterocycles. The number of phenols is 2. The van der Waals surface area contributed by atoms with E-state index in [1.165, 1.54) is 24.3 Å². The van der Waals surface area contributed by atoms with Crippen molar-refractivity contribution in [2.24, 2.45) is 0 Å². The van der Waals surface area contributed by atoms with Crippen LogP contribution in [0.5, 0.6) is 17.2 Å². The lowest BCUT2D eigenvalue weighted by Crippen LogP contribution is -2.30. The molecule has 0 saturated carbocycles. The van der Waals surface area contributed by atoms with Crippen molar-refractivity contribution in [2.75, 3.05) is 0 Å². The molecule has 2 aliphatic rings. The highest BCUT2D eigenvalue weighted by Gasteiger charge is 2.29. The van der Waals surface area contributed by atoms with Gasteiger partial charge in [0, 0.05) is 27.9 Å². The summed E-state index contributed by atoms with van der Waals surface area (Å²) in [6.45, 7) is 3.91. The summed E-state index contributed by atoms with van der Waals surface area (Å²) >= 11 is 0. The summed E-state index contributed by atoms with van der Waals surface area (Å²) in [5.41, 5.74) is 2.64. The molecule has 0 radical (unpaired) electrons. The van der Waals surface area contributed by atoms with Crippen LogP contribution in [0.1, 0.15) is 66.5 Å². The Morgan fingerprint density at radius 2 is 1.44 bits per heavy atom. The number of pyridine rings is 1. The average Bonchev–Trinajstić information content (AvgIpc) is 2.83. The molecule has 7 heteroatoms. The second-order valence-corrected chi connectivity index (χ2v) is 10.4. The monoisotopic (exact) mass is 491 g/mol. The molecule has 5 nitrogen and oxygen atoms in total.